The third-order valence-corrected chi connectivity index (χ3v) is 2.97. The van der Waals surface area contributed by atoms with Crippen molar-refractivity contribution >= 4 is 11.9 Å². The number of hydrogen-bond acceptors (Lipinski definition) is 5. The predicted molar refractivity (Wildman–Crippen MR) is 63.3 cm³/mol. The number of carbonyl (C=O) groups is 1. The summed E-state index contributed by atoms with van der Waals surface area (Å²) in [6.45, 7) is 4.91. The van der Waals surface area contributed by atoms with Crippen LogP contribution in [0.25, 0.3) is 0 Å². The summed E-state index contributed by atoms with van der Waals surface area (Å²) in [4.78, 5) is 23.3. The highest BCUT2D eigenvalue weighted by molar-refractivity contribution is 5.86. The zero-order chi connectivity index (χ0) is 12.4. The molecule has 2 heterocycles. The molecule has 0 aliphatic carbocycles. The highest BCUT2D eigenvalue weighted by Gasteiger charge is 2.23. The third kappa shape index (κ3) is 2.52. The standard InChI is InChI=1S/C11H16N4O2/c1-8-7-14(2)3-4-15(8)11-12-5-9(6-13-11)10(16)17/h5-6,8H,3-4,7H2,1-2H3,(H,16,17). The molecule has 0 aromatic carbocycles. The van der Waals surface area contributed by atoms with Crippen LogP contribution in [0.15, 0.2) is 12.4 Å². The molecule has 1 fully saturated rings. The van der Waals surface area contributed by atoms with Gasteiger partial charge >= 0.3 is 5.97 Å². The molecule has 1 aromatic rings. The number of rotatable bonds is 2. The molecule has 17 heavy (non-hydrogen) atoms. The van der Waals surface area contributed by atoms with Gasteiger partial charge in [0.25, 0.3) is 0 Å². The Morgan fingerprint density at radius 2 is 2.06 bits per heavy atom. The molecule has 0 amide bonds. The van der Waals surface area contributed by atoms with E-state index in [0.29, 0.717) is 12.0 Å². The number of aromatic carboxylic acids is 1. The fourth-order valence-corrected chi connectivity index (χ4v) is 2.02. The van der Waals surface area contributed by atoms with Crippen molar-refractivity contribution in [2.75, 3.05) is 31.6 Å². The molecule has 1 aliphatic heterocycles. The number of carboxylic acid groups (broad SMARTS) is 1. The Morgan fingerprint density at radius 3 is 2.59 bits per heavy atom. The summed E-state index contributed by atoms with van der Waals surface area (Å²) in [5, 5.41) is 8.77. The summed E-state index contributed by atoms with van der Waals surface area (Å²) in [7, 11) is 2.09. The van der Waals surface area contributed by atoms with Crippen LogP contribution in [0.1, 0.15) is 17.3 Å². The summed E-state index contributed by atoms with van der Waals surface area (Å²) in [6.07, 6.45) is 2.71. The normalized spacial score (nSPS) is 21.5. The van der Waals surface area contributed by atoms with E-state index in [2.05, 4.69) is 33.7 Å². The van der Waals surface area contributed by atoms with E-state index in [4.69, 9.17) is 5.11 Å². The van der Waals surface area contributed by atoms with Crippen molar-refractivity contribution in [2.24, 2.45) is 0 Å². The number of carboxylic acids is 1. The molecule has 0 radical (unpaired) electrons. The molecular formula is C11H16N4O2. The van der Waals surface area contributed by atoms with Gasteiger partial charge in [-0.05, 0) is 14.0 Å². The molecule has 1 N–H and O–H groups in total. The lowest BCUT2D eigenvalue weighted by Gasteiger charge is -2.38. The van der Waals surface area contributed by atoms with Gasteiger partial charge in [-0.15, -0.1) is 0 Å². The zero-order valence-electron chi connectivity index (χ0n) is 10.00. The molecule has 0 spiro atoms. The SMILES string of the molecule is CC1CN(C)CCN1c1ncc(C(=O)O)cn1. The highest BCUT2D eigenvalue weighted by Crippen LogP contribution is 2.15. The van der Waals surface area contributed by atoms with Crippen molar-refractivity contribution in [1.82, 2.24) is 14.9 Å². The topological polar surface area (TPSA) is 69.6 Å². The highest BCUT2D eigenvalue weighted by atomic mass is 16.4. The van der Waals surface area contributed by atoms with Crippen LogP contribution in [0, 0.1) is 0 Å². The lowest BCUT2D eigenvalue weighted by molar-refractivity contribution is 0.0696. The monoisotopic (exact) mass is 236 g/mol. The summed E-state index contributed by atoms with van der Waals surface area (Å²) >= 11 is 0. The fraction of sp³-hybridized carbons (Fsp3) is 0.545. The number of likely N-dealkylation sites (N-methyl/N-ethyl adjacent to an activating group) is 1. The Bertz CT molecular complexity index is 406. The number of piperazine rings is 1. The van der Waals surface area contributed by atoms with Crippen LogP contribution in [0.2, 0.25) is 0 Å². The summed E-state index contributed by atoms with van der Waals surface area (Å²) in [5.74, 6) is -0.390. The van der Waals surface area contributed by atoms with Gasteiger partial charge in [0.1, 0.15) is 0 Å². The minimum absolute atomic E-state index is 0.121. The largest absolute Gasteiger partial charge is 0.478 e. The van der Waals surface area contributed by atoms with Gasteiger partial charge in [0.2, 0.25) is 5.95 Å². The van der Waals surface area contributed by atoms with Gasteiger partial charge in [0, 0.05) is 38.1 Å². The fourth-order valence-electron chi connectivity index (χ4n) is 2.02. The number of anilines is 1. The molecule has 0 bridgehead atoms. The first-order valence-electron chi connectivity index (χ1n) is 5.58. The zero-order valence-corrected chi connectivity index (χ0v) is 10.00. The van der Waals surface area contributed by atoms with Crippen LogP contribution >= 0.6 is 0 Å². The van der Waals surface area contributed by atoms with E-state index in [1.807, 2.05) is 0 Å². The summed E-state index contributed by atoms with van der Waals surface area (Å²) < 4.78 is 0. The van der Waals surface area contributed by atoms with E-state index in [1.54, 1.807) is 0 Å². The van der Waals surface area contributed by atoms with E-state index in [9.17, 15) is 4.79 Å². The van der Waals surface area contributed by atoms with Gasteiger partial charge in [-0.3, -0.25) is 0 Å². The smallest absolute Gasteiger partial charge is 0.338 e. The lowest BCUT2D eigenvalue weighted by atomic mass is 10.2. The minimum Gasteiger partial charge on any atom is -0.478 e. The number of nitrogens with zero attached hydrogens (tertiary/aromatic N) is 4. The number of hydrogen-bond donors (Lipinski definition) is 1. The maximum Gasteiger partial charge on any atom is 0.338 e. The molecule has 1 unspecified atom stereocenters. The van der Waals surface area contributed by atoms with Gasteiger partial charge in [-0.25, -0.2) is 14.8 Å². The van der Waals surface area contributed by atoms with Gasteiger partial charge < -0.3 is 14.9 Å². The Hall–Kier alpha value is -1.69. The predicted octanol–water partition coefficient (Wildman–Crippen LogP) is 0.315. The summed E-state index contributed by atoms with van der Waals surface area (Å²) in [6, 6.07) is 0.337. The molecule has 6 nitrogen and oxygen atoms in total. The van der Waals surface area contributed by atoms with Crippen molar-refractivity contribution in [2.45, 2.75) is 13.0 Å². The van der Waals surface area contributed by atoms with Crippen LogP contribution in [0.3, 0.4) is 0 Å². The molecule has 92 valence electrons. The van der Waals surface area contributed by atoms with Gasteiger partial charge in [0.15, 0.2) is 0 Å². The second-order valence-corrected chi connectivity index (χ2v) is 4.38. The first-order valence-corrected chi connectivity index (χ1v) is 5.58. The molecular weight excluding hydrogens is 220 g/mol. The average molecular weight is 236 g/mol. The molecule has 6 heteroatoms. The van der Waals surface area contributed by atoms with E-state index in [0.717, 1.165) is 19.6 Å². The van der Waals surface area contributed by atoms with Crippen molar-refractivity contribution in [1.29, 1.82) is 0 Å². The van der Waals surface area contributed by atoms with E-state index in [1.165, 1.54) is 12.4 Å². The minimum atomic E-state index is -0.997. The Morgan fingerprint density at radius 1 is 1.41 bits per heavy atom. The van der Waals surface area contributed by atoms with Crippen molar-refractivity contribution in [3.8, 4) is 0 Å². The van der Waals surface area contributed by atoms with Crippen LogP contribution in [-0.2, 0) is 0 Å². The van der Waals surface area contributed by atoms with Crippen molar-refractivity contribution in [3.05, 3.63) is 18.0 Å². The van der Waals surface area contributed by atoms with E-state index >= 15 is 0 Å². The van der Waals surface area contributed by atoms with Crippen LogP contribution in [-0.4, -0.2) is 58.7 Å². The first kappa shape index (κ1) is 11.8. The third-order valence-electron chi connectivity index (χ3n) is 2.97. The van der Waals surface area contributed by atoms with Crippen LogP contribution in [0.4, 0.5) is 5.95 Å². The lowest BCUT2D eigenvalue weighted by Crippen LogP contribution is -2.51. The Labute approximate surface area is 99.9 Å². The molecule has 0 saturated carbocycles. The van der Waals surface area contributed by atoms with Gasteiger partial charge in [-0.1, -0.05) is 0 Å². The molecule has 1 atom stereocenters. The summed E-state index contributed by atoms with van der Waals surface area (Å²) in [5.41, 5.74) is 0.121. The van der Waals surface area contributed by atoms with E-state index < -0.39 is 5.97 Å². The molecule has 1 saturated heterocycles. The second-order valence-electron chi connectivity index (χ2n) is 4.38. The van der Waals surface area contributed by atoms with E-state index in [-0.39, 0.29) is 5.56 Å². The van der Waals surface area contributed by atoms with Crippen LogP contribution < -0.4 is 4.90 Å². The molecule has 1 aliphatic rings. The quantitative estimate of drug-likeness (QED) is 0.797. The van der Waals surface area contributed by atoms with Crippen LogP contribution in [0.5, 0.6) is 0 Å². The maximum atomic E-state index is 10.7. The average Bonchev–Trinajstić information content (AvgIpc) is 2.29. The Kier molecular flexibility index (Phi) is 3.23. The van der Waals surface area contributed by atoms with Crippen molar-refractivity contribution < 1.29 is 9.90 Å². The molecule has 1 aromatic heterocycles. The first-order chi connectivity index (χ1) is 8.08. The van der Waals surface area contributed by atoms with Gasteiger partial charge in [0.05, 0.1) is 5.56 Å². The maximum absolute atomic E-state index is 10.7. The molecule has 2 rings (SSSR count). The second kappa shape index (κ2) is 4.67. The van der Waals surface area contributed by atoms with Gasteiger partial charge in [-0.2, -0.15) is 0 Å². The Balaban J connectivity index is 2.14. The number of aromatic nitrogens is 2. The van der Waals surface area contributed by atoms with Crippen molar-refractivity contribution in [3.63, 3.8) is 0 Å².